The van der Waals surface area contributed by atoms with Crippen LogP contribution in [0.2, 0.25) is 0 Å². The second-order valence-electron chi connectivity index (χ2n) is 8.30. The minimum atomic E-state index is -4.79. The largest absolute Gasteiger partial charge is 0.573 e. The van der Waals surface area contributed by atoms with E-state index in [1.807, 2.05) is 25.1 Å². The maximum Gasteiger partial charge on any atom is 0.573 e. The lowest BCUT2D eigenvalue weighted by atomic mass is 9.88. The summed E-state index contributed by atoms with van der Waals surface area (Å²) in [5.74, 6) is -0.580. The second-order valence-corrected chi connectivity index (χ2v) is 8.30. The molecule has 1 aliphatic heterocycles. The molecule has 0 saturated heterocycles. The molecule has 4 rings (SSSR count). The fourth-order valence-electron chi connectivity index (χ4n) is 4.58. The summed E-state index contributed by atoms with van der Waals surface area (Å²) in [5.41, 5.74) is 3.93. The molecule has 1 aliphatic rings. The molecule has 3 aromatic rings. The van der Waals surface area contributed by atoms with Crippen LogP contribution in [0.1, 0.15) is 30.9 Å². The molecule has 35 heavy (non-hydrogen) atoms. The molecule has 0 spiro atoms. The predicted molar refractivity (Wildman–Crippen MR) is 120 cm³/mol. The van der Waals surface area contributed by atoms with E-state index in [1.165, 1.54) is 36.4 Å². The van der Waals surface area contributed by atoms with Crippen molar-refractivity contribution < 1.29 is 35.8 Å². The molecule has 0 fully saturated rings. The summed E-state index contributed by atoms with van der Waals surface area (Å²) < 4.78 is 84.3. The molecule has 1 heterocycles. The summed E-state index contributed by atoms with van der Waals surface area (Å²) in [6.45, 7) is 2.41. The zero-order chi connectivity index (χ0) is 25.2. The first-order valence-corrected chi connectivity index (χ1v) is 11.1. The van der Waals surface area contributed by atoms with Crippen LogP contribution in [0.4, 0.5) is 32.0 Å². The SMILES string of the molecule is CCC1CCc2c(-c3cccc(OC(F)(F)F)c3)cccc2N1Cc1cccc(OC(F)(F)F)c1. The van der Waals surface area contributed by atoms with Crippen molar-refractivity contribution >= 4 is 5.69 Å². The Morgan fingerprint density at radius 1 is 0.829 bits per heavy atom. The first-order chi connectivity index (χ1) is 16.5. The van der Waals surface area contributed by atoms with Crippen molar-refractivity contribution in [2.24, 2.45) is 0 Å². The quantitative estimate of drug-likeness (QED) is 0.325. The molecule has 0 saturated carbocycles. The third-order valence-electron chi connectivity index (χ3n) is 5.96. The zero-order valence-corrected chi connectivity index (χ0v) is 18.8. The summed E-state index contributed by atoms with van der Waals surface area (Å²) in [4.78, 5) is 2.14. The standard InChI is InChI=1S/C26H23F6NO2/c1-2-19-12-13-23-22(18-7-4-9-21(15-18)35-26(30,31)32)10-5-11-24(23)33(19)16-17-6-3-8-20(14-17)34-25(27,28)29/h3-11,14-15,19H,2,12-13,16H2,1H3. The van der Waals surface area contributed by atoms with E-state index in [0.29, 0.717) is 17.7 Å². The van der Waals surface area contributed by atoms with Crippen LogP contribution in [0.3, 0.4) is 0 Å². The number of anilines is 1. The second kappa shape index (κ2) is 9.71. The van der Waals surface area contributed by atoms with Crippen LogP contribution in [0, 0.1) is 0 Å². The van der Waals surface area contributed by atoms with Gasteiger partial charge < -0.3 is 14.4 Å². The number of nitrogens with zero attached hydrogens (tertiary/aromatic N) is 1. The lowest BCUT2D eigenvalue weighted by molar-refractivity contribution is -0.275. The maximum atomic E-state index is 12.7. The van der Waals surface area contributed by atoms with Crippen molar-refractivity contribution in [3.8, 4) is 22.6 Å². The predicted octanol–water partition coefficient (Wildman–Crippen LogP) is 7.88. The molecule has 3 aromatic carbocycles. The Bertz CT molecular complexity index is 1170. The number of rotatable bonds is 6. The van der Waals surface area contributed by atoms with Crippen LogP contribution in [0.25, 0.3) is 11.1 Å². The molecular formula is C26H23F6NO2. The molecule has 3 nitrogen and oxygen atoms in total. The van der Waals surface area contributed by atoms with Gasteiger partial charge in [-0.15, -0.1) is 26.3 Å². The van der Waals surface area contributed by atoms with Crippen molar-refractivity contribution in [2.75, 3.05) is 4.90 Å². The van der Waals surface area contributed by atoms with Gasteiger partial charge in [-0.25, -0.2) is 0 Å². The minimum Gasteiger partial charge on any atom is -0.406 e. The lowest BCUT2D eigenvalue weighted by Gasteiger charge is -2.39. The van der Waals surface area contributed by atoms with E-state index >= 15 is 0 Å². The molecule has 0 aliphatic carbocycles. The molecule has 186 valence electrons. The Morgan fingerprint density at radius 3 is 2.11 bits per heavy atom. The van der Waals surface area contributed by atoms with Crippen LogP contribution in [0.15, 0.2) is 66.7 Å². The van der Waals surface area contributed by atoms with E-state index < -0.39 is 12.7 Å². The van der Waals surface area contributed by atoms with Gasteiger partial charge in [0.25, 0.3) is 0 Å². The fourth-order valence-corrected chi connectivity index (χ4v) is 4.58. The number of halogens is 6. The average molecular weight is 495 g/mol. The van der Waals surface area contributed by atoms with Gasteiger partial charge in [-0.1, -0.05) is 43.3 Å². The monoisotopic (exact) mass is 495 g/mol. The highest BCUT2D eigenvalue weighted by molar-refractivity contribution is 5.76. The van der Waals surface area contributed by atoms with Crippen molar-refractivity contribution in [3.63, 3.8) is 0 Å². The van der Waals surface area contributed by atoms with E-state index in [0.717, 1.165) is 36.1 Å². The first kappa shape index (κ1) is 24.8. The lowest BCUT2D eigenvalue weighted by Crippen LogP contribution is -2.38. The van der Waals surface area contributed by atoms with Crippen LogP contribution >= 0.6 is 0 Å². The van der Waals surface area contributed by atoms with Gasteiger partial charge in [-0.2, -0.15) is 0 Å². The van der Waals surface area contributed by atoms with Gasteiger partial charge in [0.15, 0.2) is 0 Å². The minimum absolute atomic E-state index is 0.157. The van der Waals surface area contributed by atoms with Crippen LogP contribution in [-0.2, 0) is 13.0 Å². The Labute approximate surface area is 198 Å². The van der Waals surface area contributed by atoms with Crippen molar-refractivity contribution in [3.05, 3.63) is 77.9 Å². The Morgan fingerprint density at radius 2 is 1.46 bits per heavy atom. The van der Waals surface area contributed by atoms with Crippen molar-refractivity contribution in [1.29, 1.82) is 0 Å². The van der Waals surface area contributed by atoms with Gasteiger partial charge in [0, 0.05) is 18.3 Å². The summed E-state index contributed by atoms with van der Waals surface area (Å²) in [6.07, 6.45) is -7.21. The van der Waals surface area contributed by atoms with Gasteiger partial charge in [0.1, 0.15) is 11.5 Å². The summed E-state index contributed by atoms with van der Waals surface area (Å²) in [5, 5.41) is 0. The average Bonchev–Trinajstić information content (AvgIpc) is 2.77. The normalized spacial score (nSPS) is 16.1. The van der Waals surface area contributed by atoms with E-state index in [4.69, 9.17) is 0 Å². The molecule has 0 amide bonds. The smallest absolute Gasteiger partial charge is 0.406 e. The third-order valence-corrected chi connectivity index (χ3v) is 5.96. The van der Waals surface area contributed by atoms with Gasteiger partial charge >= 0.3 is 12.7 Å². The van der Waals surface area contributed by atoms with Crippen LogP contribution in [-0.4, -0.2) is 18.8 Å². The van der Waals surface area contributed by atoms with Crippen LogP contribution < -0.4 is 14.4 Å². The molecule has 1 unspecified atom stereocenters. The van der Waals surface area contributed by atoms with E-state index in [1.54, 1.807) is 12.1 Å². The number of ether oxygens (including phenoxy) is 2. The maximum absolute atomic E-state index is 12.7. The van der Waals surface area contributed by atoms with Gasteiger partial charge in [-0.3, -0.25) is 0 Å². The molecular weight excluding hydrogens is 472 g/mol. The molecule has 1 atom stereocenters. The Kier molecular flexibility index (Phi) is 6.87. The molecule has 9 heteroatoms. The van der Waals surface area contributed by atoms with Gasteiger partial charge in [-0.05, 0) is 71.8 Å². The highest BCUT2D eigenvalue weighted by Crippen LogP contribution is 2.40. The Hall–Kier alpha value is -3.36. The third kappa shape index (κ3) is 6.21. The summed E-state index contributed by atoms with van der Waals surface area (Å²) >= 11 is 0. The van der Waals surface area contributed by atoms with Gasteiger partial charge in [0.05, 0.1) is 0 Å². The number of hydrogen-bond acceptors (Lipinski definition) is 3. The van der Waals surface area contributed by atoms with Crippen molar-refractivity contribution in [1.82, 2.24) is 0 Å². The van der Waals surface area contributed by atoms with Gasteiger partial charge in [0.2, 0.25) is 0 Å². The molecule has 0 aromatic heterocycles. The van der Waals surface area contributed by atoms with Crippen molar-refractivity contribution in [2.45, 2.75) is 51.5 Å². The number of alkyl halides is 6. The van der Waals surface area contributed by atoms with E-state index in [-0.39, 0.29) is 17.5 Å². The number of benzene rings is 3. The number of fused-ring (bicyclic) bond motifs is 1. The summed E-state index contributed by atoms with van der Waals surface area (Å²) in [6, 6.07) is 17.5. The fraction of sp³-hybridized carbons (Fsp3) is 0.308. The highest BCUT2D eigenvalue weighted by atomic mass is 19.4. The number of hydrogen-bond donors (Lipinski definition) is 0. The summed E-state index contributed by atoms with van der Waals surface area (Å²) in [7, 11) is 0. The van der Waals surface area contributed by atoms with Crippen LogP contribution in [0.5, 0.6) is 11.5 Å². The topological polar surface area (TPSA) is 21.7 Å². The van der Waals surface area contributed by atoms with E-state index in [2.05, 4.69) is 14.4 Å². The highest BCUT2D eigenvalue weighted by Gasteiger charge is 2.32. The molecule has 0 N–H and O–H groups in total. The first-order valence-electron chi connectivity index (χ1n) is 11.1. The molecule has 0 bridgehead atoms. The zero-order valence-electron chi connectivity index (χ0n) is 18.8. The molecule has 0 radical (unpaired) electrons. The van der Waals surface area contributed by atoms with E-state index in [9.17, 15) is 26.3 Å². The Balaban J connectivity index is 1.68.